The van der Waals surface area contributed by atoms with Crippen LogP contribution in [0.3, 0.4) is 0 Å². The van der Waals surface area contributed by atoms with Crippen molar-refractivity contribution < 1.29 is 4.79 Å². The van der Waals surface area contributed by atoms with Crippen LogP contribution in [-0.4, -0.2) is 40.5 Å². The number of carbonyl (C=O) groups excluding carboxylic acids is 1. The quantitative estimate of drug-likeness (QED) is 0.777. The van der Waals surface area contributed by atoms with E-state index < -0.39 is 0 Å². The minimum atomic E-state index is -0.148. The van der Waals surface area contributed by atoms with E-state index in [1.165, 1.54) is 17.7 Å². The molecule has 1 aliphatic rings. The second-order valence-corrected chi connectivity index (χ2v) is 7.12. The molecule has 1 amide bonds. The van der Waals surface area contributed by atoms with Gasteiger partial charge in [0.2, 0.25) is 5.91 Å². The van der Waals surface area contributed by atoms with E-state index in [0.717, 1.165) is 56.9 Å². The van der Waals surface area contributed by atoms with E-state index in [1.54, 1.807) is 0 Å². The zero-order valence-electron chi connectivity index (χ0n) is 13.9. The number of amides is 1. The van der Waals surface area contributed by atoms with Crippen molar-refractivity contribution in [2.45, 2.75) is 39.0 Å². The van der Waals surface area contributed by atoms with Gasteiger partial charge in [0.15, 0.2) is 10.8 Å². The van der Waals surface area contributed by atoms with Crippen molar-refractivity contribution in [2.24, 2.45) is 5.92 Å². The van der Waals surface area contributed by atoms with Gasteiger partial charge in [0.1, 0.15) is 4.70 Å². The van der Waals surface area contributed by atoms with E-state index in [1.807, 2.05) is 0 Å². The number of carbonyl (C=O) groups is 1. The zero-order valence-corrected chi connectivity index (χ0v) is 14.7. The van der Waals surface area contributed by atoms with E-state index >= 15 is 0 Å². The first-order chi connectivity index (χ1) is 11.7. The molecular weight excluding hydrogens is 326 g/mol. The van der Waals surface area contributed by atoms with Gasteiger partial charge in [0.05, 0.1) is 6.33 Å². The molecule has 1 saturated heterocycles. The number of aromatic amines is 1. The predicted molar refractivity (Wildman–Crippen MR) is 95.5 cm³/mol. The Hall–Kier alpha value is -1.96. The average molecular weight is 349 g/mol. The molecule has 1 aliphatic heterocycles. The second-order valence-electron chi connectivity index (χ2n) is 6.14. The Morgan fingerprint density at radius 2 is 2.21 bits per heavy atom. The van der Waals surface area contributed by atoms with Gasteiger partial charge in [0.25, 0.3) is 5.56 Å². The normalized spacial score (nSPS) is 15.8. The molecule has 130 valence electrons. The van der Waals surface area contributed by atoms with Gasteiger partial charge in [0, 0.05) is 25.6 Å². The van der Waals surface area contributed by atoms with Crippen molar-refractivity contribution in [3.63, 3.8) is 0 Å². The maximum atomic E-state index is 12.2. The lowest BCUT2D eigenvalue weighted by molar-refractivity contribution is -0.125. The number of piperidine rings is 1. The maximum Gasteiger partial charge on any atom is 0.270 e. The standard InChI is InChI=1S/C16H23N5O2S/c1-2-3-4-7-17-14(22)11-5-8-21(9-6-11)16-20-13-12(24-16)15(23)19-10-18-13/h10-11H,2-9H2,1H3,(H,17,22)(H,18,19,23). The number of thiazole rings is 1. The topological polar surface area (TPSA) is 91.0 Å². The monoisotopic (exact) mass is 349 g/mol. The Labute approximate surface area is 144 Å². The third-order valence-electron chi connectivity index (χ3n) is 4.40. The molecule has 7 nitrogen and oxygen atoms in total. The van der Waals surface area contributed by atoms with Gasteiger partial charge in [-0.05, 0) is 19.3 Å². The van der Waals surface area contributed by atoms with Crippen molar-refractivity contribution in [3.8, 4) is 0 Å². The van der Waals surface area contributed by atoms with Gasteiger partial charge < -0.3 is 15.2 Å². The fraction of sp³-hybridized carbons (Fsp3) is 0.625. The Balaban J connectivity index is 1.55. The highest BCUT2D eigenvalue weighted by Crippen LogP contribution is 2.29. The molecule has 0 saturated carbocycles. The van der Waals surface area contributed by atoms with Crippen LogP contribution in [0.5, 0.6) is 0 Å². The van der Waals surface area contributed by atoms with Crippen molar-refractivity contribution in [1.82, 2.24) is 20.3 Å². The molecule has 2 N–H and O–H groups in total. The van der Waals surface area contributed by atoms with Crippen LogP contribution in [0.4, 0.5) is 5.13 Å². The van der Waals surface area contributed by atoms with Crippen LogP contribution in [-0.2, 0) is 4.79 Å². The molecule has 0 aliphatic carbocycles. The summed E-state index contributed by atoms with van der Waals surface area (Å²) < 4.78 is 0.559. The van der Waals surface area contributed by atoms with Gasteiger partial charge in [-0.25, -0.2) is 4.98 Å². The van der Waals surface area contributed by atoms with Crippen molar-refractivity contribution in [1.29, 1.82) is 0 Å². The number of aromatic nitrogens is 3. The Morgan fingerprint density at radius 3 is 2.92 bits per heavy atom. The lowest BCUT2D eigenvalue weighted by Gasteiger charge is -2.30. The number of hydrogen-bond donors (Lipinski definition) is 2. The number of anilines is 1. The molecule has 3 heterocycles. The number of hydrogen-bond acceptors (Lipinski definition) is 6. The van der Waals surface area contributed by atoms with Crippen LogP contribution in [0.2, 0.25) is 0 Å². The summed E-state index contributed by atoms with van der Waals surface area (Å²) in [6.07, 6.45) is 6.38. The van der Waals surface area contributed by atoms with Crippen LogP contribution in [0.25, 0.3) is 10.3 Å². The fourth-order valence-electron chi connectivity index (χ4n) is 2.95. The van der Waals surface area contributed by atoms with Crippen LogP contribution in [0.15, 0.2) is 11.1 Å². The summed E-state index contributed by atoms with van der Waals surface area (Å²) in [7, 11) is 0. The molecular formula is C16H23N5O2S. The maximum absolute atomic E-state index is 12.2. The summed E-state index contributed by atoms with van der Waals surface area (Å²) in [6.45, 7) is 4.50. The highest BCUT2D eigenvalue weighted by molar-refractivity contribution is 7.22. The summed E-state index contributed by atoms with van der Waals surface area (Å²) in [5, 5.41) is 3.86. The zero-order chi connectivity index (χ0) is 16.9. The summed E-state index contributed by atoms with van der Waals surface area (Å²) >= 11 is 1.37. The molecule has 0 unspecified atom stereocenters. The fourth-order valence-corrected chi connectivity index (χ4v) is 3.92. The highest BCUT2D eigenvalue weighted by atomic mass is 32.1. The number of nitrogens with one attached hydrogen (secondary N) is 2. The van der Waals surface area contributed by atoms with E-state index in [0.29, 0.717) is 10.3 Å². The number of unbranched alkanes of at least 4 members (excludes halogenated alkanes) is 2. The van der Waals surface area contributed by atoms with E-state index in [4.69, 9.17) is 0 Å². The molecule has 0 bridgehead atoms. The predicted octanol–water partition coefficient (Wildman–Crippen LogP) is 1.90. The van der Waals surface area contributed by atoms with E-state index in [-0.39, 0.29) is 17.4 Å². The molecule has 2 aromatic heterocycles. The van der Waals surface area contributed by atoms with Gasteiger partial charge in [-0.2, -0.15) is 4.98 Å². The minimum absolute atomic E-state index is 0.0822. The number of nitrogens with zero attached hydrogens (tertiary/aromatic N) is 3. The number of H-pyrrole nitrogens is 1. The van der Waals surface area contributed by atoms with Gasteiger partial charge in [-0.1, -0.05) is 31.1 Å². The molecule has 0 radical (unpaired) electrons. The molecule has 8 heteroatoms. The lowest BCUT2D eigenvalue weighted by Crippen LogP contribution is -2.40. The average Bonchev–Trinajstić information content (AvgIpc) is 3.04. The molecule has 0 aromatic carbocycles. The SMILES string of the molecule is CCCCCNC(=O)C1CCN(c2nc3nc[nH]c(=O)c3s2)CC1. The molecule has 1 fully saturated rings. The van der Waals surface area contributed by atoms with Gasteiger partial charge in [-0.15, -0.1) is 0 Å². The summed E-state index contributed by atoms with van der Waals surface area (Å²) in [5.41, 5.74) is 0.347. The summed E-state index contributed by atoms with van der Waals surface area (Å²) in [4.78, 5) is 37.2. The number of rotatable bonds is 6. The second kappa shape index (κ2) is 7.74. The smallest absolute Gasteiger partial charge is 0.270 e. The molecule has 24 heavy (non-hydrogen) atoms. The Kier molecular flexibility index (Phi) is 5.44. The first-order valence-electron chi connectivity index (χ1n) is 8.56. The molecule has 3 rings (SSSR count). The van der Waals surface area contributed by atoms with Crippen molar-refractivity contribution in [2.75, 3.05) is 24.5 Å². The first kappa shape index (κ1) is 16.9. The van der Waals surface area contributed by atoms with Crippen molar-refractivity contribution in [3.05, 3.63) is 16.7 Å². The van der Waals surface area contributed by atoms with Crippen molar-refractivity contribution >= 4 is 32.7 Å². The van der Waals surface area contributed by atoms with Crippen LogP contribution in [0, 0.1) is 5.92 Å². The summed E-state index contributed by atoms with van der Waals surface area (Å²) in [6, 6.07) is 0. The largest absolute Gasteiger partial charge is 0.356 e. The van der Waals surface area contributed by atoms with Crippen LogP contribution in [0.1, 0.15) is 39.0 Å². The Bertz CT molecular complexity index is 748. The van der Waals surface area contributed by atoms with E-state index in [9.17, 15) is 9.59 Å². The van der Waals surface area contributed by atoms with Gasteiger partial charge >= 0.3 is 0 Å². The third kappa shape index (κ3) is 3.75. The number of fused-ring (bicyclic) bond motifs is 1. The summed E-state index contributed by atoms with van der Waals surface area (Å²) in [5.74, 6) is 0.256. The molecule has 0 spiro atoms. The van der Waals surface area contributed by atoms with Crippen LogP contribution >= 0.6 is 11.3 Å². The minimum Gasteiger partial charge on any atom is -0.356 e. The third-order valence-corrected chi connectivity index (χ3v) is 5.51. The molecule has 0 atom stereocenters. The van der Waals surface area contributed by atoms with Crippen LogP contribution < -0.4 is 15.8 Å². The van der Waals surface area contributed by atoms with E-state index in [2.05, 4.69) is 32.1 Å². The molecule has 2 aromatic rings. The highest BCUT2D eigenvalue weighted by Gasteiger charge is 2.26. The first-order valence-corrected chi connectivity index (χ1v) is 9.37. The van der Waals surface area contributed by atoms with Gasteiger partial charge in [-0.3, -0.25) is 9.59 Å². The Morgan fingerprint density at radius 1 is 1.42 bits per heavy atom. The lowest BCUT2D eigenvalue weighted by atomic mass is 9.96.